The number of aliphatic carboxylic acids is 1. The minimum Gasteiger partial charge on any atom is -0.496 e. The van der Waals surface area contributed by atoms with Gasteiger partial charge in [0.25, 0.3) is 0 Å². The maximum absolute atomic E-state index is 11.0. The number of carbonyl (C=O) groups is 1. The van der Waals surface area contributed by atoms with Gasteiger partial charge < -0.3 is 9.84 Å². The lowest BCUT2D eigenvalue weighted by Crippen LogP contribution is -2.33. The van der Waals surface area contributed by atoms with Crippen molar-refractivity contribution in [1.82, 2.24) is 15.1 Å². The first kappa shape index (κ1) is 14.9. The molecule has 0 bridgehead atoms. The third-order valence-electron chi connectivity index (χ3n) is 3.58. The summed E-state index contributed by atoms with van der Waals surface area (Å²) in [5.41, 5.74) is 2.07. The maximum atomic E-state index is 11.0. The lowest BCUT2D eigenvalue weighted by Gasteiger charge is -2.15. The molecule has 1 saturated heterocycles. The molecule has 6 nitrogen and oxygen atoms in total. The van der Waals surface area contributed by atoms with Crippen molar-refractivity contribution in [3.63, 3.8) is 0 Å². The minimum absolute atomic E-state index is 0.0108. The normalized spacial score (nSPS) is 21.0. The molecule has 1 aliphatic heterocycles. The summed E-state index contributed by atoms with van der Waals surface area (Å²) in [4.78, 5) is 11.0. The number of carboxylic acid groups (broad SMARTS) is 1. The van der Waals surface area contributed by atoms with Gasteiger partial charge in [-0.15, -0.1) is 11.8 Å². The Hall–Kier alpha value is -1.99. The number of thioether (sulfide) groups is 1. The summed E-state index contributed by atoms with van der Waals surface area (Å²) < 4.78 is 7.24. The molecule has 2 atom stereocenters. The van der Waals surface area contributed by atoms with Crippen LogP contribution in [0, 0.1) is 0 Å². The number of aromatic nitrogens is 2. The average molecular weight is 319 g/mol. The van der Waals surface area contributed by atoms with Gasteiger partial charge in [-0.05, 0) is 23.8 Å². The van der Waals surface area contributed by atoms with Gasteiger partial charge in [0.1, 0.15) is 11.8 Å². The van der Waals surface area contributed by atoms with E-state index in [1.807, 2.05) is 29.1 Å². The number of nitrogens with zero attached hydrogens (tertiary/aromatic N) is 2. The van der Waals surface area contributed by atoms with E-state index in [0.717, 1.165) is 16.9 Å². The van der Waals surface area contributed by atoms with Crippen LogP contribution >= 0.6 is 11.8 Å². The maximum Gasteiger partial charge on any atom is 0.321 e. The van der Waals surface area contributed by atoms with Crippen molar-refractivity contribution >= 4 is 17.7 Å². The second kappa shape index (κ2) is 6.41. The van der Waals surface area contributed by atoms with E-state index >= 15 is 0 Å². The van der Waals surface area contributed by atoms with Gasteiger partial charge in [-0.3, -0.25) is 14.8 Å². The van der Waals surface area contributed by atoms with Gasteiger partial charge in [0, 0.05) is 23.7 Å². The number of rotatable bonds is 5. The van der Waals surface area contributed by atoms with Crippen molar-refractivity contribution in [3.8, 4) is 5.75 Å². The van der Waals surface area contributed by atoms with Crippen molar-refractivity contribution < 1.29 is 14.6 Å². The van der Waals surface area contributed by atoms with E-state index in [2.05, 4.69) is 16.5 Å². The number of carboxylic acids is 1. The van der Waals surface area contributed by atoms with E-state index in [1.165, 1.54) is 0 Å². The highest BCUT2D eigenvalue weighted by Crippen LogP contribution is 2.35. The van der Waals surface area contributed by atoms with Gasteiger partial charge in [0.05, 0.1) is 19.0 Å². The van der Waals surface area contributed by atoms with Crippen molar-refractivity contribution in [3.05, 3.63) is 47.8 Å². The highest BCUT2D eigenvalue weighted by molar-refractivity contribution is 7.99. The molecule has 0 aliphatic carbocycles. The fraction of sp³-hybridized carbons (Fsp3) is 0.333. The van der Waals surface area contributed by atoms with Crippen LogP contribution in [0.15, 0.2) is 36.7 Å². The first-order chi connectivity index (χ1) is 10.7. The average Bonchev–Trinajstić information content (AvgIpc) is 3.18. The first-order valence-corrected chi connectivity index (χ1v) is 7.97. The molecule has 0 saturated carbocycles. The van der Waals surface area contributed by atoms with Gasteiger partial charge in [-0.1, -0.05) is 6.07 Å². The third-order valence-corrected chi connectivity index (χ3v) is 4.85. The van der Waals surface area contributed by atoms with E-state index < -0.39 is 12.0 Å². The molecule has 22 heavy (non-hydrogen) atoms. The van der Waals surface area contributed by atoms with Crippen molar-refractivity contribution in [2.24, 2.45) is 0 Å². The first-order valence-electron chi connectivity index (χ1n) is 6.92. The summed E-state index contributed by atoms with van der Waals surface area (Å²) in [6.07, 6.45) is 3.64. The smallest absolute Gasteiger partial charge is 0.321 e. The largest absolute Gasteiger partial charge is 0.496 e. The molecule has 2 heterocycles. The molecule has 7 heteroatoms. The minimum atomic E-state index is -0.805. The summed E-state index contributed by atoms with van der Waals surface area (Å²) in [5, 5.41) is 16.4. The third kappa shape index (κ3) is 3.10. The summed E-state index contributed by atoms with van der Waals surface area (Å²) in [7, 11) is 1.64. The van der Waals surface area contributed by atoms with Crippen molar-refractivity contribution in [1.29, 1.82) is 0 Å². The second-order valence-corrected chi connectivity index (χ2v) is 6.18. The monoisotopic (exact) mass is 319 g/mol. The molecule has 2 N–H and O–H groups in total. The predicted octanol–water partition coefficient (Wildman–Crippen LogP) is 1.73. The Morgan fingerprint density at radius 3 is 3.09 bits per heavy atom. The van der Waals surface area contributed by atoms with Crippen molar-refractivity contribution in [2.75, 3.05) is 12.9 Å². The number of benzene rings is 1. The Morgan fingerprint density at radius 1 is 1.59 bits per heavy atom. The van der Waals surface area contributed by atoms with E-state index in [1.54, 1.807) is 25.1 Å². The highest BCUT2D eigenvalue weighted by Gasteiger charge is 2.30. The topological polar surface area (TPSA) is 76.4 Å². The zero-order valence-corrected chi connectivity index (χ0v) is 12.9. The van der Waals surface area contributed by atoms with Crippen LogP contribution in [-0.4, -0.2) is 39.8 Å². The molecular weight excluding hydrogens is 302 g/mol. The molecule has 1 aromatic heterocycles. The van der Waals surface area contributed by atoms with Crippen LogP contribution < -0.4 is 10.1 Å². The zero-order valence-electron chi connectivity index (χ0n) is 12.1. The van der Waals surface area contributed by atoms with Crippen LogP contribution in [0.25, 0.3) is 0 Å². The molecule has 116 valence electrons. The Bertz CT molecular complexity index is 660. The summed E-state index contributed by atoms with van der Waals surface area (Å²) in [5.74, 6) is 0.567. The van der Waals surface area contributed by atoms with Crippen LogP contribution in [0.3, 0.4) is 0 Å². The standard InChI is InChI=1S/C15H17N3O3S/c1-21-13-4-3-10(14-17-12(9-22-14)15(19)20)7-11(13)8-18-6-2-5-16-18/h2-7,12,14,17H,8-9H2,1H3,(H,19,20). The molecule has 0 spiro atoms. The van der Waals surface area contributed by atoms with Gasteiger partial charge >= 0.3 is 5.97 Å². The highest BCUT2D eigenvalue weighted by atomic mass is 32.2. The van der Waals surface area contributed by atoms with Crippen LogP contribution in [0.1, 0.15) is 16.5 Å². The van der Waals surface area contributed by atoms with Crippen LogP contribution in [-0.2, 0) is 11.3 Å². The molecule has 1 fully saturated rings. The van der Waals surface area contributed by atoms with Gasteiger partial charge in [-0.25, -0.2) is 0 Å². The Kier molecular flexibility index (Phi) is 4.35. The Balaban J connectivity index is 1.82. The molecule has 1 aliphatic rings. The van der Waals surface area contributed by atoms with Gasteiger partial charge in [0.2, 0.25) is 0 Å². The SMILES string of the molecule is COc1ccc(C2NC(C(=O)O)CS2)cc1Cn1cccn1. The number of nitrogens with one attached hydrogen (secondary N) is 1. The van der Waals surface area contributed by atoms with E-state index in [-0.39, 0.29) is 5.37 Å². The van der Waals surface area contributed by atoms with Crippen LogP contribution in [0.2, 0.25) is 0 Å². The quantitative estimate of drug-likeness (QED) is 0.874. The van der Waals surface area contributed by atoms with E-state index in [0.29, 0.717) is 12.3 Å². The molecule has 2 unspecified atom stereocenters. The summed E-state index contributed by atoms with van der Waals surface area (Å²) >= 11 is 1.61. The second-order valence-electron chi connectivity index (χ2n) is 5.05. The van der Waals surface area contributed by atoms with Crippen molar-refractivity contribution in [2.45, 2.75) is 18.0 Å². The number of hydrogen-bond acceptors (Lipinski definition) is 5. The van der Waals surface area contributed by atoms with Crippen LogP contribution in [0.4, 0.5) is 0 Å². The molecule has 3 rings (SSSR count). The van der Waals surface area contributed by atoms with E-state index in [9.17, 15) is 4.79 Å². The number of methoxy groups -OCH3 is 1. The number of ether oxygens (including phenoxy) is 1. The molecule has 0 amide bonds. The zero-order chi connectivity index (χ0) is 15.5. The lowest BCUT2D eigenvalue weighted by atomic mass is 10.1. The molecular formula is C15H17N3O3S. The summed E-state index contributed by atoms with van der Waals surface area (Å²) in [6, 6.07) is 7.33. The Morgan fingerprint density at radius 2 is 2.45 bits per heavy atom. The van der Waals surface area contributed by atoms with Gasteiger partial charge in [-0.2, -0.15) is 5.10 Å². The van der Waals surface area contributed by atoms with Crippen LogP contribution in [0.5, 0.6) is 5.75 Å². The molecule has 2 aromatic rings. The fourth-order valence-corrected chi connectivity index (χ4v) is 3.68. The molecule has 0 radical (unpaired) electrons. The Labute approximate surface area is 132 Å². The lowest BCUT2D eigenvalue weighted by molar-refractivity contribution is -0.138. The van der Waals surface area contributed by atoms with E-state index in [4.69, 9.17) is 9.84 Å². The summed E-state index contributed by atoms with van der Waals surface area (Å²) in [6.45, 7) is 0.615. The predicted molar refractivity (Wildman–Crippen MR) is 84.1 cm³/mol. The number of hydrogen-bond donors (Lipinski definition) is 2. The van der Waals surface area contributed by atoms with Gasteiger partial charge in [0.15, 0.2) is 0 Å². The fourth-order valence-electron chi connectivity index (χ4n) is 2.46. The molecule has 1 aromatic carbocycles.